The van der Waals surface area contributed by atoms with Crippen molar-refractivity contribution >= 4 is 11.6 Å². The van der Waals surface area contributed by atoms with Crippen LogP contribution in [0.25, 0.3) is 0 Å². The molecule has 1 heterocycles. The van der Waals surface area contributed by atoms with Crippen LogP contribution in [0.1, 0.15) is 58.3 Å². The first-order valence-corrected chi connectivity index (χ1v) is 7.35. The molecule has 0 amide bonds. The van der Waals surface area contributed by atoms with Crippen molar-refractivity contribution in [1.82, 2.24) is 9.78 Å². The molecule has 0 spiro atoms. The van der Waals surface area contributed by atoms with Gasteiger partial charge in [0.15, 0.2) is 0 Å². The van der Waals surface area contributed by atoms with Crippen LogP contribution in [0.5, 0.6) is 0 Å². The molecule has 0 bridgehead atoms. The second-order valence-electron chi connectivity index (χ2n) is 4.88. The number of halogens is 1. The normalized spacial score (nSPS) is 14.8. The van der Waals surface area contributed by atoms with E-state index in [0.29, 0.717) is 6.42 Å². The number of aromatic nitrogens is 2. The van der Waals surface area contributed by atoms with Gasteiger partial charge in [0.05, 0.1) is 22.0 Å². The minimum absolute atomic E-state index is 0.594. The smallest absolute Gasteiger partial charge is 0.0850 e. The van der Waals surface area contributed by atoms with Gasteiger partial charge in [-0.15, -0.1) is 0 Å². The molecular weight excluding hydrogens is 248 g/mol. The Labute approximate surface area is 115 Å². The van der Waals surface area contributed by atoms with Crippen molar-refractivity contribution in [3.8, 4) is 0 Å². The van der Waals surface area contributed by atoms with Gasteiger partial charge in [0.25, 0.3) is 0 Å². The molecule has 1 aromatic rings. The monoisotopic (exact) mass is 272 g/mol. The lowest BCUT2D eigenvalue weighted by Gasteiger charge is -2.26. The molecular formula is C14H25ClN2O. The van der Waals surface area contributed by atoms with E-state index in [1.54, 1.807) is 0 Å². The highest BCUT2D eigenvalue weighted by Gasteiger charge is 2.28. The molecule has 0 aliphatic rings. The summed E-state index contributed by atoms with van der Waals surface area (Å²) in [7, 11) is 0. The van der Waals surface area contributed by atoms with Crippen molar-refractivity contribution < 1.29 is 5.11 Å². The molecule has 1 atom stereocenters. The molecule has 4 heteroatoms. The van der Waals surface area contributed by atoms with Crippen LogP contribution in [0.4, 0.5) is 0 Å². The summed E-state index contributed by atoms with van der Waals surface area (Å²) in [6, 6.07) is 0. The van der Waals surface area contributed by atoms with Gasteiger partial charge in [-0.05, 0) is 26.2 Å². The molecule has 104 valence electrons. The lowest BCUT2D eigenvalue weighted by molar-refractivity contribution is 0.0252. The van der Waals surface area contributed by atoms with E-state index >= 15 is 0 Å². The molecule has 0 radical (unpaired) electrons. The van der Waals surface area contributed by atoms with Gasteiger partial charge in [-0.3, -0.25) is 4.68 Å². The third-order valence-corrected chi connectivity index (χ3v) is 4.00. The maximum Gasteiger partial charge on any atom is 0.0850 e. The molecule has 0 aliphatic carbocycles. The average molecular weight is 273 g/mol. The summed E-state index contributed by atoms with van der Waals surface area (Å²) < 4.78 is 1.93. The minimum atomic E-state index is -0.656. The Hall–Kier alpha value is -0.540. The summed E-state index contributed by atoms with van der Waals surface area (Å²) >= 11 is 6.38. The zero-order valence-corrected chi connectivity index (χ0v) is 12.7. The summed E-state index contributed by atoms with van der Waals surface area (Å²) in [5.74, 6) is 0. The Morgan fingerprint density at radius 2 is 1.94 bits per heavy atom. The Morgan fingerprint density at radius 3 is 2.39 bits per heavy atom. The molecule has 0 saturated carbocycles. The van der Waals surface area contributed by atoms with Gasteiger partial charge >= 0.3 is 0 Å². The Balaban J connectivity index is 3.05. The van der Waals surface area contributed by atoms with E-state index in [1.165, 1.54) is 0 Å². The van der Waals surface area contributed by atoms with Crippen LogP contribution in [0.3, 0.4) is 0 Å². The average Bonchev–Trinajstić information content (AvgIpc) is 2.66. The quantitative estimate of drug-likeness (QED) is 0.824. The van der Waals surface area contributed by atoms with E-state index < -0.39 is 5.60 Å². The van der Waals surface area contributed by atoms with Crippen molar-refractivity contribution in [1.29, 1.82) is 0 Å². The highest BCUT2D eigenvalue weighted by atomic mass is 35.5. The van der Waals surface area contributed by atoms with E-state index in [9.17, 15) is 5.11 Å². The number of hydrogen-bond acceptors (Lipinski definition) is 2. The Kier molecular flexibility index (Phi) is 5.67. The zero-order chi connectivity index (χ0) is 13.8. The van der Waals surface area contributed by atoms with Crippen LogP contribution < -0.4 is 0 Å². The van der Waals surface area contributed by atoms with Crippen molar-refractivity contribution in [3.63, 3.8) is 0 Å². The number of aliphatic hydroxyl groups is 1. The van der Waals surface area contributed by atoms with E-state index in [-0.39, 0.29) is 0 Å². The molecule has 0 fully saturated rings. The van der Waals surface area contributed by atoms with Crippen LogP contribution in [0, 0.1) is 0 Å². The summed E-state index contributed by atoms with van der Waals surface area (Å²) in [5.41, 5.74) is 1.26. The van der Waals surface area contributed by atoms with E-state index in [0.717, 1.165) is 48.6 Å². The van der Waals surface area contributed by atoms with Gasteiger partial charge in [-0.25, -0.2) is 0 Å². The van der Waals surface area contributed by atoms with E-state index in [1.807, 2.05) is 11.6 Å². The predicted molar refractivity (Wildman–Crippen MR) is 76.1 cm³/mol. The lowest BCUT2D eigenvalue weighted by Crippen LogP contribution is -2.31. The SMILES string of the molecule is CCCC(O)(CC)Cc1c(Cl)c(CC)nn1CC. The fourth-order valence-corrected chi connectivity index (χ4v) is 2.69. The number of hydrogen-bond donors (Lipinski definition) is 1. The number of rotatable bonds is 7. The lowest BCUT2D eigenvalue weighted by atomic mass is 9.89. The molecule has 1 unspecified atom stereocenters. The Bertz CT molecular complexity index is 389. The Morgan fingerprint density at radius 1 is 1.28 bits per heavy atom. The third-order valence-electron chi connectivity index (χ3n) is 3.56. The molecule has 1 rings (SSSR count). The fraction of sp³-hybridized carbons (Fsp3) is 0.786. The summed E-state index contributed by atoms with van der Waals surface area (Å²) in [6.07, 6.45) is 3.95. The summed E-state index contributed by atoms with van der Waals surface area (Å²) in [5, 5.41) is 15.8. The standard InChI is InChI=1S/C14H25ClN2O/c1-5-9-14(18,7-3)10-12-13(15)11(6-2)16-17(12)8-4/h18H,5-10H2,1-4H3. The van der Waals surface area contributed by atoms with E-state index in [2.05, 4.69) is 25.9 Å². The first-order chi connectivity index (χ1) is 8.51. The zero-order valence-electron chi connectivity index (χ0n) is 12.0. The minimum Gasteiger partial charge on any atom is -0.389 e. The van der Waals surface area contributed by atoms with Crippen LogP contribution in [-0.2, 0) is 19.4 Å². The van der Waals surface area contributed by atoms with Crippen LogP contribution in [0.15, 0.2) is 0 Å². The predicted octanol–water partition coefficient (Wildman–Crippen LogP) is 3.60. The van der Waals surface area contributed by atoms with Gasteiger partial charge in [0, 0.05) is 13.0 Å². The summed E-state index contributed by atoms with van der Waals surface area (Å²) in [4.78, 5) is 0. The van der Waals surface area contributed by atoms with Crippen molar-refractivity contribution in [2.24, 2.45) is 0 Å². The third kappa shape index (κ3) is 3.27. The first kappa shape index (κ1) is 15.5. The highest BCUT2D eigenvalue weighted by molar-refractivity contribution is 6.31. The molecule has 0 saturated heterocycles. The topological polar surface area (TPSA) is 38.1 Å². The molecule has 1 N–H and O–H groups in total. The number of nitrogens with zero attached hydrogens (tertiary/aromatic N) is 2. The van der Waals surface area contributed by atoms with Crippen LogP contribution in [-0.4, -0.2) is 20.5 Å². The van der Waals surface area contributed by atoms with Crippen LogP contribution in [0.2, 0.25) is 5.02 Å². The van der Waals surface area contributed by atoms with Gasteiger partial charge in [0.2, 0.25) is 0 Å². The maximum atomic E-state index is 10.6. The van der Waals surface area contributed by atoms with Crippen molar-refractivity contribution in [2.75, 3.05) is 0 Å². The second kappa shape index (κ2) is 6.58. The second-order valence-corrected chi connectivity index (χ2v) is 5.26. The largest absolute Gasteiger partial charge is 0.389 e. The maximum absolute atomic E-state index is 10.6. The van der Waals surface area contributed by atoms with E-state index in [4.69, 9.17) is 11.6 Å². The van der Waals surface area contributed by atoms with Crippen molar-refractivity contribution in [2.45, 2.75) is 71.9 Å². The highest BCUT2D eigenvalue weighted by Crippen LogP contribution is 2.29. The summed E-state index contributed by atoms with van der Waals surface area (Å²) in [6.45, 7) is 9.02. The molecule has 18 heavy (non-hydrogen) atoms. The molecule has 1 aromatic heterocycles. The fourth-order valence-electron chi connectivity index (χ4n) is 2.35. The van der Waals surface area contributed by atoms with Crippen molar-refractivity contribution in [3.05, 3.63) is 16.4 Å². The van der Waals surface area contributed by atoms with Crippen LogP contribution >= 0.6 is 11.6 Å². The van der Waals surface area contributed by atoms with Gasteiger partial charge in [0.1, 0.15) is 0 Å². The number of aryl methyl sites for hydroxylation is 2. The molecule has 3 nitrogen and oxygen atoms in total. The first-order valence-electron chi connectivity index (χ1n) is 6.97. The molecule has 0 aromatic carbocycles. The van der Waals surface area contributed by atoms with Gasteiger partial charge in [-0.2, -0.15) is 5.10 Å². The van der Waals surface area contributed by atoms with Gasteiger partial charge in [-0.1, -0.05) is 38.8 Å². The van der Waals surface area contributed by atoms with Gasteiger partial charge < -0.3 is 5.11 Å². The molecule has 0 aliphatic heterocycles.